The van der Waals surface area contributed by atoms with Gasteiger partial charge in [0.2, 0.25) is 5.82 Å². The molecule has 2 aromatic rings. The summed E-state index contributed by atoms with van der Waals surface area (Å²) in [5.41, 5.74) is 1.25. The molecule has 20 heavy (non-hydrogen) atoms. The third-order valence-corrected chi connectivity index (χ3v) is 4.23. The number of ether oxygens (including phenoxy) is 1. The fourth-order valence-corrected chi connectivity index (χ4v) is 2.94. The van der Waals surface area contributed by atoms with Crippen LogP contribution in [0.4, 0.5) is 8.78 Å². The van der Waals surface area contributed by atoms with Crippen molar-refractivity contribution in [2.24, 2.45) is 0 Å². The number of hydrogen-bond acceptors (Lipinski definition) is 3. The van der Waals surface area contributed by atoms with Crippen LogP contribution in [0.15, 0.2) is 28.1 Å². The molecule has 1 aromatic heterocycles. The molecular weight excluding hydrogens is 348 g/mol. The Bertz CT molecular complexity index is 589. The van der Waals surface area contributed by atoms with Crippen LogP contribution < -0.4 is 10.1 Å². The first-order valence-electron chi connectivity index (χ1n) is 6.09. The van der Waals surface area contributed by atoms with E-state index in [1.807, 2.05) is 5.38 Å². The van der Waals surface area contributed by atoms with Gasteiger partial charge in [-0.25, -0.2) is 4.39 Å². The molecule has 0 fully saturated rings. The minimum atomic E-state index is -0.956. The second-order valence-corrected chi connectivity index (χ2v) is 6.17. The van der Waals surface area contributed by atoms with Crippen molar-refractivity contribution in [1.82, 2.24) is 5.32 Å². The highest BCUT2D eigenvalue weighted by Gasteiger charge is 2.11. The summed E-state index contributed by atoms with van der Waals surface area (Å²) in [5, 5.41) is 5.25. The lowest BCUT2D eigenvalue weighted by Gasteiger charge is -2.09. The van der Waals surface area contributed by atoms with E-state index in [-0.39, 0.29) is 12.4 Å². The Kier molecular flexibility index (Phi) is 5.51. The number of rotatable bonds is 6. The molecule has 0 spiro atoms. The van der Waals surface area contributed by atoms with E-state index in [1.54, 1.807) is 11.3 Å². The van der Waals surface area contributed by atoms with Gasteiger partial charge in [0, 0.05) is 22.4 Å². The molecule has 0 saturated heterocycles. The Morgan fingerprint density at radius 1 is 1.35 bits per heavy atom. The fraction of sp³-hybridized carbons (Fsp3) is 0.286. The topological polar surface area (TPSA) is 21.3 Å². The molecule has 0 unspecified atom stereocenters. The highest BCUT2D eigenvalue weighted by molar-refractivity contribution is 9.10. The molecule has 2 nitrogen and oxygen atoms in total. The van der Waals surface area contributed by atoms with E-state index in [9.17, 15) is 8.78 Å². The molecule has 108 valence electrons. The molecule has 0 aliphatic heterocycles. The van der Waals surface area contributed by atoms with Gasteiger partial charge in [0.1, 0.15) is 6.61 Å². The molecule has 0 bridgehead atoms. The van der Waals surface area contributed by atoms with Crippen molar-refractivity contribution in [2.45, 2.75) is 13.5 Å². The van der Waals surface area contributed by atoms with Gasteiger partial charge < -0.3 is 10.1 Å². The average Bonchev–Trinajstić information content (AvgIpc) is 2.80. The zero-order valence-corrected chi connectivity index (χ0v) is 13.3. The quantitative estimate of drug-likeness (QED) is 0.612. The lowest BCUT2D eigenvalue weighted by atomic mass is 10.3. The van der Waals surface area contributed by atoms with Gasteiger partial charge in [0.25, 0.3) is 0 Å². The minimum absolute atomic E-state index is 0.0778. The van der Waals surface area contributed by atoms with E-state index in [0.717, 1.165) is 12.6 Å². The molecule has 1 aromatic carbocycles. The Labute approximate surface area is 128 Å². The Morgan fingerprint density at radius 2 is 2.15 bits per heavy atom. The maximum atomic E-state index is 13.4. The van der Waals surface area contributed by atoms with Gasteiger partial charge in [-0.1, -0.05) is 15.9 Å². The van der Waals surface area contributed by atoms with Crippen LogP contribution in [0.1, 0.15) is 10.4 Å². The van der Waals surface area contributed by atoms with Crippen LogP contribution in [-0.4, -0.2) is 13.2 Å². The third kappa shape index (κ3) is 4.01. The first kappa shape index (κ1) is 15.4. The normalized spacial score (nSPS) is 10.8. The maximum absolute atomic E-state index is 13.4. The molecule has 1 N–H and O–H groups in total. The Morgan fingerprint density at radius 3 is 2.85 bits per heavy atom. The van der Waals surface area contributed by atoms with Crippen LogP contribution in [0.25, 0.3) is 0 Å². The van der Waals surface area contributed by atoms with Crippen molar-refractivity contribution in [2.75, 3.05) is 13.2 Å². The number of nitrogens with one attached hydrogen (secondary N) is 1. The van der Waals surface area contributed by atoms with Gasteiger partial charge in [-0.05, 0) is 36.1 Å². The smallest absolute Gasteiger partial charge is 0.200 e. The summed E-state index contributed by atoms with van der Waals surface area (Å²) in [5.74, 6) is -1.95. The van der Waals surface area contributed by atoms with Crippen molar-refractivity contribution in [3.05, 3.63) is 50.1 Å². The summed E-state index contributed by atoms with van der Waals surface area (Å²) >= 11 is 4.79. The largest absolute Gasteiger partial charge is 0.489 e. The van der Waals surface area contributed by atoms with Gasteiger partial charge in [-0.2, -0.15) is 4.39 Å². The predicted molar refractivity (Wildman–Crippen MR) is 80.3 cm³/mol. The summed E-state index contributed by atoms with van der Waals surface area (Å²) in [6.45, 7) is 3.65. The summed E-state index contributed by atoms with van der Waals surface area (Å²) < 4.78 is 32.3. The van der Waals surface area contributed by atoms with E-state index in [0.29, 0.717) is 11.0 Å². The molecule has 0 aliphatic carbocycles. The fourth-order valence-electron chi connectivity index (χ4n) is 1.66. The molecular formula is C14H14BrF2NOS. The number of halogens is 3. The second kappa shape index (κ2) is 7.15. The van der Waals surface area contributed by atoms with Crippen LogP contribution >= 0.6 is 27.3 Å². The van der Waals surface area contributed by atoms with E-state index in [1.165, 1.54) is 16.5 Å². The Hall–Kier alpha value is -0.980. The highest BCUT2D eigenvalue weighted by Crippen LogP contribution is 2.25. The van der Waals surface area contributed by atoms with Gasteiger partial charge >= 0.3 is 0 Å². The van der Waals surface area contributed by atoms with Crippen molar-refractivity contribution >= 4 is 27.3 Å². The standard InChI is InChI=1S/C14H14BrF2NOS/c1-9-2-5-20-13(9)8-18-3-4-19-12-7-10(15)6-11(16)14(12)17/h2,5-7,18H,3-4,8H2,1H3. The molecule has 0 saturated carbocycles. The number of benzene rings is 1. The lowest BCUT2D eigenvalue weighted by molar-refractivity contribution is 0.292. The minimum Gasteiger partial charge on any atom is -0.489 e. The zero-order valence-electron chi connectivity index (χ0n) is 10.9. The summed E-state index contributed by atoms with van der Waals surface area (Å²) in [6.07, 6.45) is 0. The van der Waals surface area contributed by atoms with Gasteiger partial charge in [0.15, 0.2) is 11.6 Å². The van der Waals surface area contributed by atoms with E-state index < -0.39 is 11.6 Å². The molecule has 6 heteroatoms. The summed E-state index contributed by atoms with van der Waals surface area (Å²) in [7, 11) is 0. The van der Waals surface area contributed by atoms with Crippen molar-refractivity contribution < 1.29 is 13.5 Å². The first-order valence-corrected chi connectivity index (χ1v) is 7.76. The summed E-state index contributed by atoms with van der Waals surface area (Å²) in [4.78, 5) is 1.27. The van der Waals surface area contributed by atoms with Crippen LogP contribution in [0.2, 0.25) is 0 Å². The average molecular weight is 362 g/mol. The Balaban J connectivity index is 1.78. The molecule has 0 atom stereocenters. The number of hydrogen-bond donors (Lipinski definition) is 1. The maximum Gasteiger partial charge on any atom is 0.200 e. The van der Waals surface area contributed by atoms with Crippen molar-refractivity contribution in [1.29, 1.82) is 0 Å². The van der Waals surface area contributed by atoms with Crippen molar-refractivity contribution in [3.8, 4) is 5.75 Å². The van der Waals surface area contributed by atoms with E-state index >= 15 is 0 Å². The van der Waals surface area contributed by atoms with Crippen LogP contribution in [-0.2, 0) is 6.54 Å². The van der Waals surface area contributed by atoms with Crippen LogP contribution in [0.5, 0.6) is 5.75 Å². The van der Waals surface area contributed by atoms with Gasteiger partial charge in [-0.3, -0.25) is 0 Å². The monoisotopic (exact) mass is 361 g/mol. The van der Waals surface area contributed by atoms with Gasteiger partial charge in [0.05, 0.1) is 0 Å². The third-order valence-electron chi connectivity index (χ3n) is 2.75. The van der Waals surface area contributed by atoms with Crippen molar-refractivity contribution in [3.63, 3.8) is 0 Å². The lowest BCUT2D eigenvalue weighted by Crippen LogP contribution is -2.20. The van der Waals surface area contributed by atoms with Crippen LogP contribution in [0, 0.1) is 18.6 Å². The molecule has 0 aliphatic rings. The predicted octanol–water partition coefficient (Wildman–Crippen LogP) is 4.27. The van der Waals surface area contributed by atoms with Crippen LogP contribution in [0.3, 0.4) is 0 Å². The van der Waals surface area contributed by atoms with E-state index in [2.05, 4.69) is 34.2 Å². The number of aryl methyl sites for hydroxylation is 1. The molecule has 1 heterocycles. The molecule has 2 rings (SSSR count). The van der Waals surface area contributed by atoms with Gasteiger partial charge in [-0.15, -0.1) is 11.3 Å². The first-order chi connectivity index (χ1) is 9.58. The molecule has 0 radical (unpaired) electrons. The summed E-state index contributed by atoms with van der Waals surface area (Å²) in [6, 6.07) is 4.56. The van der Waals surface area contributed by atoms with E-state index in [4.69, 9.17) is 4.74 Å². The SMILES string of the molecule is Cc1ccsc1CNCCOc1cc(Br)cc(F)c1F. The zero-order chi connectivity index (χ0) is 14.5. The molecule has 0 amide bonds. The highest BCUT2D eigenvalue weighted by atomic mass is 79.9. The number of thiophene rings is 1. The second-order valence-electron chi connectivity index (χ2n) is 4.25.